The minimum Gasteiger partial charge on any atom is -0.493 e. The molecule has 1 saturated carbocycles. The predicted octanol–water partition coefficient (Wildman–Crippen LogP) is 7.07. The number of carbonyl (C=O) groups excluding carboxylic acids is 1. The topological polar surface area (TPSA) is 73.4 Å². The lowest BCUT2D eigenvalue weighted by Gasteiger charge is -2.26. The number of carbonyl (C=O) groups is 1. The van der Waals surface area contributed by atoms with Crippen molar-refractivity contribution in [3.63, 3.8) is 0 Å². The number of halogens is 1. The number of fused-ring (bicyclic) bond motifs is 1. The van der Waals surface area contributed by atoms with Crippen LogP contribution in [-0.2, 0) is 9.53 Å². The van der Waals surface area contributed by atoms with Crippen LogP contribution in [0.25, 0.3) is 10.9 Å². The van der Waals surface area contributed by atoms with Crippen LogP contribution in [0.2, 0.25) is 0 Å². The molecular weight excluding hydrogens is 597 g/mol. The first-order valence-electron chi connectivity index (χ1n) is 16.7. The van der Waals surface area contributed by atoms with Crippen LogP contribution in [0.3, 0.4) is 0 Å². The molecule has 4 unspecified atom stereocenters. The molecule has 0 bridgehead atoms. The van der Waals surface area contributed by atoms with E-state index < -0.39 is 5.82 Å². The predicted molar refractivity (Wildman–Crippen MR) is 179 cm³/mol. The molecule has 3 aliphatic rings. The number of benzene rings is 3. The van der Waals surface area contributed by atoms with Gasteiger partial charge in [-0.15, -0.1) is 0 Å². The summed E-state index contributed by atoms with van der Waals surface area (Å²) in [5.74, 6) is 2.92. The van der Waals surface area contributed by atoms with Gasteiger partial charge in [0.05, 0.1) is 32.4 Å². The van der Waals surface area contributed by atoms with Crippen molar-refractivity contribution in [1.82, 2.24) is 9.88 Å². The summed E-state index contributed by atoms with van der Waals surface area (Å²) in [6.07, 6.45) is 4.16. The van der Waals surface area contributed by atoms with Crippen molar-refractivity contribution in [3.8, 4) is 23.0 Å². The van der Waals surface area contributed by atoms with E-state index >= 15 is 4.39 Å². The molecule has 3 fully saturated rings. The van der Waals surface area contributed by atoms with Gasteiger partial charge in [-0.25, -0.2) is 4.39 Å². The fourth-order valence-electron chi connectivity index (χ4n) is 7.26. The van der Waals surface area contributed by atoms with Crippen LogP contribution in [-0.4, -0.2) is 68.9 Å². The average molecular weight is 640 g/mol. The van der Waals surface area contributed by atoms with Crippen LogP contribution in [0.4, 0.5) is 10.1 Å². The zero-order chi connectivity index (χ0) is 32.3. The summed E-state index contributed by atoms with van der Waals surface area (Å²) in [5, 5.41) is 0.673. The number of hydrogen-bond acceptors (Lipinski definition) is 7. The number of rotatable bonds is 12. The van der Waals surface area contributed by atoms with Gasteiger partial charge in [-0.3, -0.25) is 14.7 Å². The Balaban J connectivity index is 1.04. The van der Waals surface area contributed by atoms with E-state index in [-0.39, 0.29) is 17.6 Å². The van der Waals surface area contributed by atoms with E-state index in [1.165, 1.54) is 18.1 Å². The zero-order valence-electron chi connectivity index (χ0n) is 27.1. The number of amides is 1. The smallest absolute Gasteiger partial charge is 0.227 e. The summed E-state index contributed by atoms with van der Waals surface area (Å²) >= 11 is 0. The third-order valence-corrected chi connectivity index (χ3v) is 9.89. The number of pyridine rings is 1. The molecule has 2 saturated heterocycles. The Bertz CT molecular complexity index is 1710. The van der Waals surface area contributed by atoms with E-state index in [4.69, 9.17) is 18.9 Å². The Labute approximate surface area is 275 Å². The molecule has 0 spiro atoms. The third-order valence-electron chi connectivity index (χ3n) is 9.89. The van der Waals surface area contributed by atoms with Gasteiger partial charge in [0.25, 0.3) is 0 Å². The first-order chi connectivity index (χ1) is 23.0. The zero-order valence-corrected chi connectivity index (χ0v) is 27.1. The number of ether oxygens (including phenoxy) is 4. The lowest BCUT2D eigenvalue weighted by Crippen LogP contribution is -2.37. The maximum Gasteiger partial charge on any atom is 0.227 e. The molecule has 7 rings (SSSR count). The number of morpholine rings is 1. The monoisotopic (exact) mass is 639 g/mol. The Hall–Kier alpha value is -4.21. The van der Waals surface area contributed by atoms with Crippen molar-refractivity contribution in [2.24, 2.45) is 17.8 Å². The fraction of sp³-hybridized carbons (Fsp3) is 0.421. The molecule has 4 aromatic rings. The van der Waals surface area contributed by atoms with Crippen LogP contribution in [0, 0.1) is 23.6 Å². The molecule has 2 aliphatic heterocycles. The highest BCUT2D eigenvalue weighted by molar-refractivity contribution is 5.96. The molecular formula is C38H42FN3O5. The number of aromatic nitrogens is 1. The Kier molecular flexibility index (Phi) is 9.27. The molecule has 1 aromatic heterocycles. The number of hydrogen-bond donors (Lipinski definition) is 0. The molecule has 47 heavy (non-hydrogen) atoms. The Morgan fingerprint density at radius 3 is 2.55 bits per heavy atom. The van der Waals surface area contributed by atoms with E-state index in [1.807, 2.05) is 18.2 Å². The second kappa shape index (κ2) is 13.9. The van der Waals surface area contributed by atoms with Gasteiger partial charge in [0.2, 0.25) is 5.91 Å². The van der Waals surface area contributed by atoms with E-state index in [0.717, 1.165) is 39.3 Å². The minimum absolute atomic E-state index is 0.0312. The molecule has 0 N–H and O–H groups in total. The summed E-state index contributed by atoms with van der Waals surface area (Å²) < 4.78 is 38.9. The van der Waals surface area contributed by atoms with E-state index in [0.29, 0.717) is 71.2 Å². The molecule has 1 amide bonds. The van der Waals surface area contributed by atoms with Gasteiger partial charge >= 0.3 is 0 Å². The number of anilines is 1. The summed E-state index contributed by atoms with van der Waals surface area (Å²) in [6, 6.07) is 20.6. The lowest BCUT2D eigenvalue weighted by molar-refractivity contribution is -0.117. The van der Waals surface area contributed by atoms with Crippen LogP contribution in [0.1, 0.15) is 37.7 Å². The average Bonchev–Trinajstić information content (AvgIpc) is 3.68. The highest BCUT2D eigenvalue weighted by atomic mass is 19.1. The van der Waals surface area contributed by atoms with Gasteiger partial charge < -0.3 is 23.8 Å². The number of nitrogens with zero attached hydrogens (tertiary/aromatic N) is 3. The van der Waals surface area contributed by atoms with Gasteiger partial charge in [0.1, 0.15) is 5.75 Å². The van der Waals surface area contributed by atoms with Gasteiger partial charge in [0, 0.05) is 62.0 Å². The SMILES string of the molecule is COc1cc2c(Oc3ccc(N4CC(C(c5ccccc5)C5CC5C)CC4=O)cc3F)ccnc2cc1OCCCN1CCOCC1. The summed E-state index contributed by atoms with van der Waals surface area (Å²) in [4.78, 5) is 21.9. The molecule has 1 aliphatic carbocycles. The van der Waals surface area contributed by atoms with E-state index in [1.54, 1.807) is 36.4 Å². The normalized spacial score (nSPS) is 22.0. The summed E-state index contributed by atoms with van der Waals surface area (Å²) in [7, 11) is 1.59. The van der Waals surface area contributed by atoms with Crippen molar-refractivity contribution >= 4 is 22.5 Å². The molecule has 4 atom stereocenters. The first-order valence-corrected chi connectivity index (χ1v) is 16.7. The summed E-state index contributed by atoms with van der Waals surface area (Å²) in [6.45, 7) is 7.79. The molecule has 8 nitrogen and oxygen atoms in total. The van der Waals surface area contributed by atoms with Gasteiger partial charge in [-0.05, 0) is 66.3 Å². The Morgan fingerprint density at radius 2 is 1.81 bits per heavy atom. The van der Waals surface area contributed by atoms with Crippen molar-refractivity contribution in [3.05, 3.63) is 84.3 Å². The van der Waals surface area contributed by atoms with E-state index in [2.05, 4.69) is 41.1 Å². The van der Waals surface area contributed by atoms with Crippen LogP contribution in [0.15, 0.2) is 72.9 Å². The second-order valence-corrected chi connectivity index (χ2v) is 13.0. The largest absolute Gasteiger partial charge is 0.493 e. The lowest BCUT2D eigenvalue weighted by atomic mass is 9.81. The molecule has 3 heterocycles. The van der Waals surface area contributed by atoms with Gasteiger partial charge in [-0.1, -0.05) is 37.3 Å². The fourth-order valence-corrected chi connectivity index (χ4v) is 7.26. The van der Waals surface area contributed by atoms with Gasteiger partial charge in [-0.2, -0.15) is 0 Å². The Morgan fingerprint density at radius 1 is 1.00 bits per heavy atom. The third kappa shape index (κ3) is 6.92. The van der Waals surface area contributed by atoms with Crippen molar-refractivity contribution < 1.29 is 28.1 Å². The molecule has 0 radical (unpaired) electrons. The van der Waals surface area contributed by atoms with Crippen molar-refractivity contribution in [2.45, 2.75) is 32.1 Å². The maximum absolute atomic E-state index is 15.6. The van der Waals surface area contributed by atoms with Crippen molar-refractivity contribution in [1.29, 1.82) is 0 Å². The standard InChI is InChI=1S/C38H42FN3O5/c1-25-19-29(25)38(26-7-4-3-5-8-26)27-20-37(43)42(24-27)28-9-10-34(31(39)21-28)47-33-11-12-40-32-23-36(35(44-2)22-30(32)33)46-16-6-13-41-14-17-45-18-15-41/h3-5,7-12,21-23,25,27,29,38H,6,13-20,24H2,1-2H3. The highest BCUT2D eigenvalue weighted by Crippen LogP contribution is 2.53. The van der Waals surface area contributed by atoms with E-state index in [9.17, 15) is 4.79 Å². The molecule has 246 valence electrons. The highest BCUT2D eigenvalue weighted by Gasteiger charge is 2.47. The molecule has 9 heteroatoms. The van der Waals surface area contributed by atoms with Gasteiger partial charge in [0.15, 0.2) is 23.1 Å². The summed E-state index contributed by atoms with van der Waals surface area (Å²) in [5.41, 5.74) is 2.49. The van der Waals surface area contributed by atoms with Crippen LogP contribution >= 0.6 is 0 Å². The molecule has 3 aromatic carbocycles. The van der Waals surface area contributed by atoms with Crippen LogP contribution < -0.4 is 19.1 Å². The van der Waals surface area contributed by atoms with Crippen molar-refractivity contribution in [2.75, 3.05) is 58.0 Å². The maximum atomic E-state index is 15.6. The second-order valence-electron chi connectivity index (χ2n) is 13.0. The minimum atomic E-state index is -0.536. The van der Waals surface area contributed by atoms with Crippen LogP contribution in [0.5, 0.6) is 23.0 Å². The quantitative estimate of drug-likeness (QED) is 0.154. The first kappa shape index (κ1) is 31.4. The number of methoxy groups -OCH3 is 1.